The van der Waals surface area contributed by atoms with Crippen molar-refractivity contribution in [1.29, 1.82) is 0 Å². The molecule has 0 aliphatic rings. The quantitative estimate of drug-likeness (QED) is 0.277. The molecule has 15 heteroatoms. The van der Waals surface area contributed by atoms with E-state index in [4.69, 9.17) is 16.8 Å². The van der Waals surface area contributed by atoms with Crippen molar-refractivity contribution in [2.75, 3.05) is 16.0 Å². The van der Waals surface area contributed by atoms with Crippen molar-refractivity contribution in [3.8, 4) is 0 Å². The molecule has 13 nitrogen and oxygen atoms in total. The first-order valence-corrected chi connectivity index (χ1v) is 9.15. The number of hydrazine groups is 2. The summed E-state index contributed by atoms with van der Waals surface area (Å²) in [5.74, 6) is -3.46. The molecule has 0 spiro atoms. The summed E-state index contributed by atoms with van der Waals surface area (Å²) in [7, 11) is 0. The van der Waals surface area contributed by atoms with Crippen LogP contribution >= 0.6 is 22.9 Å². The van der Waals surface area contributed by atoms with Crippen LogP contribution in [0.25, 0.3) is 0 Å². The minimum Gasteiger partial charge on any atom is -0.733 e. The molecular formula is C15H15ClN7O6S-. The first-order valence-electron chi connectivity index (χ1n) is 7.96. The van der Waals surface area contributed by atoms with Gasteiger partial charge in [0.1, 0.15) is 4.88 Å². The second-order valence-corrected chi connectivity index (χ2v) is 6.95. The van der Waals surface area contributed by atoms with Gasteiger partial charge in [0.2, 0.25) is 11.0 Å². The molecule has 0 saturated carbocycles. The highest BCUT2D eigenvalue weighted by Gasteiger charge is 2.19. The lowest BCUT2D eigenvalue weighted by Gasteiger charge is -2.23. The Morgan fingerprint density at radius 1 is 1.17 bits per heavy atom. The van der Waals surface area contributed by atoms with Crippen molar-refractivity contribution in [3.05, 3.63) is 39.0 Å². The molecule has 0 radical (unpaired) electrons. The topological polar surface area (TPSA) is 188 Å². The number of benzene rings is 1. The average Bonchev–Trinajstić information content (AvgIpc) is 3.06. The van der Waals surface area contributed by atoms with Gasteiger partial charge in [0, 0.05) is 12.6 Å². The Balaban J connectivity index is 1.94. The predicted molar refractivity (Wildman–Crippen MR) is 108 cm³/mol. The van der Waals surface area contributed by atoms with Crippen LogP contribution in [0.5, 0.6) is 0 Å². The number of carbonyl (C=O) groups excluding carboxylic acids is 4. The van der Waals surface area contributed by atoms with Gasteiger partial charge in [0.25, 0.3) is 5.91 Å². The van der Waals surface area contributed by atoms with E-state index >= 15 is 0 Å². The lowest BCUT2D eigenvalue weighted by Crippen LogP contribution is -2.46. The molecule has 0 aliphatic heterocycles. The minimum atomic E-state index is -1.21. The van der Waals surface area contributed by atoms with E-state index in [9.17, 15) is 24.4 Å². The van der Waals surface area contributed by atoms with E-state index in [1.54, 1.807) is 0 Å². The zero-order valence-corrected chi connectivity index (χ0v) is 17.0. The minimum absolute atomic E-state index is 0.00256. The summed E-state index contributed by atoms with van der Waals surface area (Å²) in [4.78, 5) is 51.0. The average molecular weight is 457 g/mol. The van der Waals surface area contributed by atoms with Crippen LogP contribution < -0.4 is 32.2 Å². The predicted octanol–water partition coefficient (Wildman–Crippen LogP) is 0.661. The van der Waals surface area contributed by atoms with Gasteiger partial charge in [0.15, 0.2) is 0 Å². The van der Waals surface area contributed by atoms with Crippen molar-refractivity contribution >= 4 is 63.1 Å². The third-order valence-electron chi connectivity index (χ3n) is 3.25. The van der Waals surface area contributed by atoms with Crippen LogP contribution in [0.15, 0.2) is 18.2 Å². The zero-order chi connectivity index (χ0) is 22.4. The van der Waals surface area contributed by atoms with E-state index in [0.717, 1.165) is 17.4 Å². The molecule has 0 fully saturated rings. The first kappa shape index (κ1) is 22.8. The van der Waals surface area contributed by atoms with Gasteiger partial charge in [-0.25, -0.2) is 4.98 Å². The summed E-state index contributed by atoms with van der Waals surface area (Å²) < 4.78 is 0. The van der Waals surface area contributed by atoms with Crippen molar-refractivity contribution in [3.63, 3.8) is 0 Å². The van der Waals surface area contributed by atoms with E-state index in [0.29, 0.717) is 5.69 Å². The van der Waals surface area contributed by atoms with Crippen LogP contribution in [0.2, 0.25) is 5.02 Å². The summed E-state index contributed by atoms with van der Waals surface area (Å²) in [6.45, 7) is 2.82. The van der Waals surface area contributed by atoms with Gasteiger partial charge in [-0.1, -0.05) is 22.9 Å². The number of aromatic nitrogens is 1. The van der Waals surface area contributed by atoms with Gasteiger partial charge in [-0.2, -0.15) is 0 Å². The van der Waals surface area contributed by atoms with E-state index in [-0.39, 0.29) is 32.3 Å². The monoisotopic (exact) mass is 456 g/mol. The molecule has 0 aliphatic carbocycles. The molecule has 6 N–H and O–H groups in total. The summed E-state index contributed by atoms with van der Waals surface area (Å²) in [6, 6.07) is 3.57. The molecule has 2 aromatic rings. The molecule has 2 rings (SSSR count). The fourth-order valence-corrected chi connectivity index (χ4v) is 2.96. The van der Waals surface area contributed by atoms with Gasteiger partial charge < -0.3 is 15.8 Å². The molecule has 1 heterocycles. The highest BCUT2D eigenvalue weighted by Crippen LogP contribution is 2.27. The third kappa shape index (κ3) is 6.02. The number of hydrogen-bond donors (Lipinski definition) is 6. The molecular weight excluding hydrogens is 442 g/mol. The van der Waals surface area contributed by atoms with E-state index < -0.39 is 22.9 Å². The highest BCUT2D eigenvalue weighted by atomic mass is 35.5. The van der Waals surface area contributed by atoms with Gasteiger partial charge in [-0.05, 0) is 25.1 Å². The molecule has 4 amide bonds. The molecule has 0 unspecified atom stereocenters. The Kier molecular flexibility index (Phi) is 7.48. The number of rotatable bonds is 5. The second-order valence-electron chi connectivity index (χ2n) is 5.54. The Bertz CT molecular complexity index is 996. The third-order valence-corrected chi connectivity index (χ3v) is 4.65. The number of halogens is 1. The number of thiazole rings is 1. The number of nitrogens with one attached hydrogen (secondary N) is 5. The van der Waals surface area contributed by atoms with Crippen LogP contribution in [0.4, 0.5) is 16.5 Å². The smallest absolute Gasteiger partial charge is 0.328 e. The van der Waals surface area contributed by atoms with Gasteiger partial charge in [-0.3, -0.25) is 46.1 Å². The number of amides is 4. The van der Waals surface area contributed by atoms with Crippen LogP contribution in [-0.4, -0.2) is 33.8 Å². The van der Waals surface area contributed by atoms with Gasteiger partial charge in [0.05, 0.1) is 16.4 Å². The first-order chi connectivity index (χ1) is 14.1. The zero-order valence-electron chi connectivity index (χ0n) is 15.4. The Morgan fingerprint density at radius 2 is 1.87 bits per heavy atom. The molecule has 0 atom stereocenters. The van der Waals surface area contributed by atoms with Crippen molar-refractivity contribution in [2.24, 2.45) is 0 Å². The molecule has 160 valence electrons. The highest BCUT2D eigenvalue weighted by molar-refractivity contribution is 7.17. The molecule has 1 aromatic heterocycles. The Hall–Kier alpha value is -3.46. The van der Waals surface area contributed by atoms with Crippen molar-refractivity contribution < 1.29 is 24.4 Å². The lowest BCUT2D eigenvalue weighted by molar-refractivity contribution is -0.136. The van der Waals surface area contributed by atoms with Crippen LogP contribution in [0, 0.1) is 12.1 Å². The molecule has 1 aromatic carbocycles. The standard InChI is InChI=1S/C15H15ClN7O6S/c1-6-11(30-15(17-6)22-19-7(2)24)12(25)20-21-14(27)13(26)18-8-3-4-9(16)10(5-8)23(28)29/h3-5,28H,1-2H3,(H,17,22)(H,18,26)(H,19,24)(H,20,25)(H,21,27)/q-1. The second kappa shape index (κ2) is 9.84. The normalized spacial score (nSPS) is 10.0. The molecule has 0 bridgehead atoms. The summed E-state index contributed by atoms with van der Waals surface area (Å²) >= 11 is 6.62. The van der Waals surface area contributed by atoms with Gasteiger partial charge in [-0.15, -0.1) is 0 Å². The van der Waals surface area contributed by atoms with E-state index in [2.05, 4.69) is 26.6 Å². The number of nitrogens with zero attached hydrogens (tertiary/aromatic N) is 2. The van der Waals surface area contributed by atoms with Crippen molar-refractivity contribution in [1.82, 2.24) is 21.3 Å². The number of carbonyl (C=O) groups is 4. The number of hydrogen-bond acceptors (Lipinski definition) is 10. The van der Waals surface area contributed by atoms with Crippen LogP contribution in [-0.2, 0) is 14.4 Å². The van der Waals surface area contributed by atoms with E-state index in [1.165, 1.54) is 26.0 Å². The summed E-state index contributed by atoms with van der Waals surface area (Å²) in [5.41, 5.74) is 8.78. The maximum absolute atomic E-state index is 12.2. The van der Waals surface area contributed by atoms with Crippen LogP contribution in [0.1, 0.15) is 22.3 Å². The fourth-order valence-electron chi connectivity index (χ4n) is 1.95. The maximum Gasteiger partial charge on any atom is 0.328 e. The van der Waals surface area contributed by atoms with Crippen molar-refractivity contribution in [2.45, 2.75) is 13.8 Å². The number of anilines is 3. The summed E-state index contributed by atoms with van der Waals surface area (Å²) in [6.07, 6.45) is 0. The maximum atomic E-state index is 12.2. The van der Waals surface area contributed by atoms with Gasteiger partial charge >= 0.3 is 11.8 Å². The Labute approximate surface area is 177 Å². The lowest BCUT2D eigenvalue weighted by atomic mass is 10.2. The molecule has 0 saturated heterocycles. The fraction of sp³-hybridized carbons (Fsp3) is 0.133. The van der Waals surface area contributed by atoms with E-state index in [1.807, 2.05) is 5.43 Å². The largest absolute Gasteiger partial charge is 0.733 e. The number of aryl methyl sites for hydroxylation is 1. The molecule has 30 heavy (non-hydrogen) atoms. The SMILES string of the molecule is CC(=O)NNc1nc(C)c(C(=O)NNC(=O)C(=O)Nc2ccc(Cl)c(N([O-])O)c2)s1. The Morgan fingerprint density at radius 3 is 2.50 bits per heavy atom. The summed E-state index contributed by atoms with van der Waals surface area (Å²) in [5, 5.41) is 21.8. The van der Waals surface area contributed by atoms with Crippen LogP contribution in [0.3, 0.4) is 0 Å².